The van der Waals surface area contributed by atoms with Crippen LogP contribution in [0.4, 0.5) is 0 Å². The summed E-state index contributed by atoms with van der Waals surface area (Å²) in [6.45, 7) is 1.12. The summed E-state index contributed by atoms with van der Waals surface area (Å²) in [5.41, 5.74) is 9.37. The van der Waals surface area contributed by atoms with Crippen molar-refractivity contribution in [1.82, 2.24) is 16.2 Å². The van der Waals surface area contributed by atoms with E-state index in [4.69, 9.17) is 0 Å². The van der Waals surface area contributed by atoms with Gasteiger partial charge in [-0.05, 0) is 19.3 Å². The second-order valence-electron chi connectivity index (χ2n) is 3.71. The first-order chi connectivity index (χ1) is 5.43. The lowest BCUT2D eigenvalue weighted by Gasteiger charge is -2.22. The summed E-state index contributed by atoms with van der Waals surface area (Å²) in [6, 6.07) is 0.778. The summed E-state index contributed by atoms with van der Waals surface area (Å²) in [6.07, 6.45) is 3.92. The molecule has 0 saturated carbocycles. The highest BCUT2D eigenvalue weighted by molar-refractivity contribution is 5.24. The van der Waals surface area contributed by atoms with Crippen LogP contribution in [0.1, 0.15) is 19.3 Å². The Morgan fingerprint density at radius 3 is 3.36 bits per heavy atom. The highest BCUT2D eigenvalue weighted by Crippen LogP contribution is 2.34. The van der Waals surface area contributed by atoms with Crippen molar-refractivity contribution < 1.29 is 0 Å². The van der Waals surface area contributed by atoms with Crippen molar-refractivity contribution in [2.45, 2.75) is 25.3 Å². The first-order valence-corrected chi connectivity index (χ1v) is 4.42. The second kappa shape index (κ2) is 1.91. The second-order valence-corrected chi connectivity index (χ2v) is 3.71. The SMILES string of the molecule is C1CC2CC3CNNC3=C1N2. The lowest BCUT2D eigenvalue weighted by Crippen LogP contribution is -2.31. The minimum Gasteiger partial charge on any atom is -0.384 e. The number of allylic oxidation sites excluding steroid dienone is 1. The summed E-state index contributed by atoms with van der Waals surface area (Å²) < 4.78 is 0. The Bertz CT molecular complexity index is 221. The maximum Gasteiger partial charge on any atom is 0.0495 e. The van der Waals surface area contributed by atoms with Gasteiger partial charge < -0.3 is 10.7 Å². The molecule has 0 aromatic heterocycles. The van der Waals surface area contributed by atoms with Crippen LogP contribution >= 0.6 is 0 Å². The Balaban J connectivity index is 2.03. The molecule has 0 aromatic rings. The van der Waals surface area contributed by atoms with E-state index >= 15 is 0 Å². The molecule has 0 aliphatic carbocycles. The normalized spacial score (nSPS) is 40.0. The molecule has 3 heteroatoms. The van der Waals surface area contributed by atoms with E-state index in [1.807, 2.05) is 0 Å². The van der Waals surface area contributed by atoms with Crippen LogP contribution in [0, 0.1) is 5.92 Å². The van der Waals surface area contributed by atoms with Gasteiger partial charge in [-0.15, -0.1) is 0 Å². The van der Waals surface area contributed by atoms with Crippen molar-refractivity contribution in [2.75, 3.05) is 6.54 Å². The number of rotatable bonds is 0. The fraction of sp³-hybridized carbons (Fsp3) is 0.750. The fourth-order valence-corrected chi connectivity index (χ4v) is 2.44. The zero-order valence-electron chi connectivity index (χ0n) is 6.48. The standard InChI is InChI=1S/C8H13N3/c1-2-7-8-5(4-9-11-8)3-6(1)10-7/h5-6,9-11H,1-4H2. The van der Waals surface area contributed by atoms with Crippen molar-refractivity contribution >= 4 is 0 Å². The molecule has 0 radical (unpaired) electrons. The Morgan fingerprint density at radius 1 is 1.36 bits per heavy atom. The summed E-state index contributed by atoms with van der Waals surface area (Å²) in [7, 11) is 0. The van der Waals surface area contributed by atoms with Gasteiger partial charge in [-0.1, -0.05) is 0 Å². The van der Waals surface area contributed by atoms with Gasteiger partial charge in [-0.25, -0.2) is 5.43 Å². The van der Waals surface area contributed by atoms with Crippen LogP contribution in [-0.4, -0.2) is 12.6 Å². The molecule has 3 heterocycles. The Morgan fingerprint density at radius 2 is 2.36 bits per heavy atom. The molecule has 2 bridgehead atoms. The molecule has 60 valence electrons. The number of hydrogen-bond acceptors (Lipinski definition) is 3. The van der Waals surface area contributed by atoms with E-state index in [1.165, 1.54) is 30.7 Å². The van der Waals surface area contributed by atoms with E-state index < -0.39 is 0 Å². The zero-order chi connectivity index (χ0) is 7.26. The molecular formula is C8H13N3. The van der Waals surface area contributed by atoms with Gasteiger partial charge in [0.15, 0.2) is 0 Å². The van der Waals surface area contributed by atoms with Crippen LogP contribution in [0.3, 0.4) is 0 Å². The van der Waals surface area contributed by atoms with E-state index in [-0.39, 0.29) is 0 Å². The van der Waals surface area contributed by atoms with Gasteiger partial charge in [0.1, 0.15) is 0 Å². The van der Waals surface area contributed by atoms with Crippen LogP contribution in [0.25, 0.3) is 0 Å². The van der Waals surface area contributed by atoms with E-state index in [9.17, 15) is 0 Å². The predicted molar refractivity (Wildman–Crippen MR) is 42.4 cm³/mol. The van der Waals surface area contributed by atoms with Crippen molar-refractivity contribution in [2.24, 2.45) is 5.92 Å². The lowest BCUT2D eigenvalue weighted by atomic mass is 9.96. The van der Waals surface area contributed by atoms with Gasteiger partial charge in [0.2, 0.25) is 0 Å². The first kappa shape index (κ1) is 5.89. The third-order valence-corrected chi connectivity index (χ3v) is 3.00. The third-order valence-electron chi connectivity index (χ3n) is 3.00. The van der Waals surface area contributed by atoms with E-state index in [0.717, 1.165) is 18.5 Å². The highest BCUT2D eigenvalue weighted by atomic mass is 15.4. The minimum absolute atomic E-state index is 0.777. The van der Waals surface area contributed by atoms with Crippen LogP contribution < -0.4 is 16.2 Å². The molecule has 3 N–H and O–H groups in total. The van der Waals surface area contributed by atoms with Crippen molar-refractivity contribution in [3.8, 4) is 0 Å². The summed E-state index contributed by atoms with van der Waals surface area (Å²) >= 11 is 0. The fourth-order valence-electron chi connectivity index (χ4n) is 2.44. The number of nitrogens with one attached hydrogen (secondary N) is 3. The Hall–Kier alpha value is -0.700. The molecule has 3 aliphatic heterocycles. The van der Waals surface area contributed by atoms with E-state index in [2.05, 4.69) is 16.2 Å². The molecule has 2 atom stereocenters. The van der Waals surface area contributed by atoms with E-state index in [0.29, 0.717) is 0 Å². The largest absolute Gasteiger partial charge is 0.384 e. The monoisotopic (exact) mass is 151 g/mol. The summed E-state index contributed by atoms with van der Waals surface area (Å²) in [4.78, 5) is 0. The highest BCUT2D eigenvalue weighted by Gasteiger charge is 2.35. The molecule has 2 unspecified atom stereocenters. The smallest absolute Gasteiger partial charge is 0.0495 e. The average Bonchev–Trinajstić information content (AvgIpc) is 2.58. The molecule has 0 aromatic carbocycles. The van der Waals surface area contributed by atoms with Crippen LogP contribution in [0.15, 0.2) is 11.4 Å². The van der Waals surface area contributed by atoms with Crippen LogP contribution in [0.2, 0.25) is 0 Å². The van der Waals surface area contributed by atoms with Gasteiger partial charge >= 0.3 is 0 Å². The minimum atomic E-state index is 0.777. The summed E-state index contributed by atoms with van der Waals surface area (Å²) in [5.74, 6) is 0.777. The topological polar surface area (TPSA) is 36.1 Å². The average molecular weight is 151 g/mol. The number of hydrazine groups is 1. The molecule has 3 nitrogen and oxygen atoms in total. The maximum absolute atomic E-state index is 3.54. The molecule has 2 saturated heterocycles. The van der Waals surface area contributed by atoms with Gasteiger partial charge in [0.25, 0.3) is 0 Å². The molecule has 11 heavy (non-hydrogen) atoms. The molecule has 3 rings (SSSR count). The maximum atomic E-state index is 3.54. The van der Waals surface area contributed by atoms with Crippen LogP contribution in [-0.2, 0) is 0 Å². The van der Waals surface area contributed by atoms with Crippen molar-refractivity contribution in [3.05, 3.63) is 11.4 Å². The molecule has 0 amide bonds. The van der Waals surface area contributed by atoms with Gasteiger partial charge in [0, 0.05) is 29.9 Å². The Labute approximate surface area is 66.2 Å². The summed E-state index contributed by atoms with van der Waals surface area (Å²) in [5, 5.41) is 3.54. The number of hydrogen-bond donors (Lipinski definition) is 3. The lowest BCUT2D eigenvalue weighted by molar-refractivity contribution is 0.459. The molecule has 2 fully saturated rings. The first-order valence-electron chi connectivity index (χ1n) is 4.42. The van der Waals surface area contributed by atoms with Crippen molar-refractivity contribution in [3.63, 3.8) is 0 Å². The zero-order valence-corrected chi connectivity index (χ0v) is 6.48. The third kappa shape index (κ3) is 0.717. The Kier molecular flexibility index (Phi) is 1.02. The van der Waals surface area contributed by atoms with Gasteiger partial charge in [-0.3, -0.25) is 0 Å². The van der Waals surface area contributed by atoms with Crippen molar-refractivity contribution in [1.29, 1.82) is 0 Å². The van der Waals surface area contributed by atoms with Gasteiger partial charge in [-0.2, -0.15) is 0 Å². The van der Waals surface area contributed by atoms with Crippen LogP contribution in [0.5, 0.6) is 0 Å². The molecule has 0 spiro atoms. The quantitative estimate of drug-likeness (QED) is 0.459. The number of fused-ring (bicyclic) bond motifs is 3. The predicted octanol–water partition coefficient (Wildman–Crippen LogP) is 0.0777. The molecular weight excluding hydrogens is 138 g/mol. The van der Waals surface area contributed by atoms with Gasteiger partial charge in [0.05, 0.1) is 0 Å². The molecule has 3 aliphatic rings. The van der Waals surface area contributed by atoms with E-state index in [1.54, 1.807) is 0 Å².